The van der Waals surface area contributed by atoms with Gasteiger partial charge in [0.2, 0.25) is 0 Å². The third-order valence-electron chi connectivity index (χ3n) is 4.96. The molecule has 0 unspecified atom stereocenters. The zero-order chi connectivity index (χ0) is 24.9. The molecule has 0 saturated carbocycles. The molecule has 0 aliphatic rings. The maximum absolute atomic E-state index is 12.3. The lowest BCUT2D eigenvalue weighted by molar-refractivity contribution is -0.384. The van der Waals surface area contributed by atoms with Gasteiger partial charge in [0, 0.05) is 35.5 Å². The number of nitrogens with zero attached hydrogens (tertiary/aromatic N) is 2. The smallest absolute Gasteiger partial charge is 0.323 e. The fourth-order valence-corrected chi connectivity index (χ4v) is 3.50. The van der Waals surface area contributed by atoms with Crippen molar-refractivity contribution in [3.63, 3.8) is 0 Å². The highest BCUT2D eigenvalue weighted by molar-refractivity contribution is 6.34. The van der Waals surface area contributed by atoms with E-state index in [1.807, 2.05) is 0 Å². The molecule has 178 valence electrons. The lowest BCUT2D eigenvalue weighted by atomic mass is 10.2. The Bertz CT molecular complexity index is 1410. The highest BCUT2D eigenvalue weighted by atomic mass is 35.5. The molecule has 11 heteroatoms. The van der Waals surface area contributed by atoms with Crippen LogP contribution < -0.4 is 24.8 Å². The number of methoxy groups -OCH3 is 2. The Hall–Kier alpha value is -4.57. The number of carbonyl (C=O) groups is 1. The Morgan fingerprint density at radius 1 is 0.943 bits per heavy atom. The zero-order valence-corrected chi connectivity index (χ0v) is 19.3. The molecule has 0 bridgehead atoms. The number of nitrogens with one attached hydrogen (secondary N) is 2. The van der Waals surface area contributed by atoms with Crippen LogP contribution >= 0.6 is 11.6 Å². The zero-order valence-electron chi connectivity index (χ0n) is 18.6. The lowest BCUT2D eigenvalue weighted by Gasteiger charge is -2.13. The minimum Gasteiger partial charge on any atom is -0.493 e. The SMILES string of the molecule is COc1cc2nccc(Oc3ccc(NC(=O)Nc4ccc([N+](=O)[O-])cc4Cl)cc3)c2cc1OC. The largest absolute Gasteiger partial charge is 0.493 e. The van der Waals surface area contributed by atoms with Crippen molar-refractivity contribution in [2.24, 2.45) is 0 Å². The van der Waals surface area contributed by atoms with E-state index in [9.17, 15) is 14.9 Å². The van der Waals surface area contributed by atoms with Crippen molar-refractivity contribution in [3.05, 3.63) is 82.0 Å². The second kappa shape index (κ2) is 10.1. The van der Waals surface area contributed by atoms with Gasteiger partial charge in [0.05, 0.1) is 35.4 Å². The number of benzene rings is 3. The van der Waals surface area contributed by atoms with Crippen molar-refractivity contribution in [1.29, 1.82) is 0 Å². The van der Waals surface area contributed by atoms with E-state index in [2.05, 4.69) is 15.6 Å². The Morgan fingerprint density at radius 3 is 2.31 bits per heavy atom. The van der Waals surface area contributed by atoms with E-state index in [1.165, 1.54) is 12.1 Å². The standard InChI is InChI=1S/C24H19ClN4O6/c1-33-22-12-17-20(13-23(22)34-2)26-10-9-21(17)35-16-6-3-14(4-7-16)27-24(30)28-19-8-5-15(29(31)32)11-18(19)25/h3-13H,1-2H3,(H2,27,28,30). The molecule has 3 aromatic carbocycles. The number of hydrogen-bond acceptors (Lipinski definition) is 7. The first kappa shape index (κ1) is 23.6. The van der Waals surface area contributed by atoms with Crippen LogP contribution in [-0.2, 0) is 0 Å². The fraction of sp³-hybridized carbons (Fsp3) is 0.0833. The van der Waals surface area contributed by atoms with E-state index in [0.717, 1.165) is 11.5 Å². The maximum Gasteiger partial charge on any atom is 0.323 e. The molecule has 0 saturated heterocycles. The molecule has 2 N–H and O–H groups in total. The number of rotatable bonds is 7. The van der Waals surface area contributed by atoms with E-state index < -0.39 is 11.0 Å². The maximum atomic E-state index is 12.3. The summed E-state index contributed by atoms with van der Waals surface area (Å²) in [5.74, 6) is 2.23. The molecular formula is C24H19ClN4O6. The number of halogens is 1. The summed E-state index contributed by atoms with van der Waals surface area (Å²) >= 11 is 6.01. The van der Waals surface area contributed by atoms with Crippen LogP contribution in [0.3, 0.4) is 0 Å². The van der Waals surface area contributed by atoms with Crippen LogP contribution in [0.2, 0.25) is 5.02 Å². The number of aromatic nitrogens is 1. The van der Waals surface area contributed by atoms with E-state index >= 15 is 0 Å². The van der Waals surface area contributed by atoms with E-state index in [1.54, 1.807) is 62.9 Å². The molecule has 0 fully saturated rings. The Kier molecular flexibility index (Phi) is 6.83. The van der Waals surface area contributed by atoms with Gasteiger partial charge in [-0.1, -0.05) is 11.6 Å². The average molecular weight is 495 g/mol. The van der Waals surface area contributed by atoms with Crippen LogP contribution in [0.1, 0.15) is 0 Å². The van der Waals surface area contributed by atoms with Crippen molar-refractivity contribution in [1.82, 2.24) is 4.98 Å². The van der Waals surface area contributed by atoms with Crippen LogP contribution in [0.25, 0.3) is 10.9 Å². The van der Waals surface area contributed by atoms with Crippen LogP contribution in [0, 0.1) is 10.1 Å². The molecular weight excluding hydrogens is 476 g/mol. The third-order valence-corrected chi connectivity index (χ3v) is 5.27. The predicted octanol–water partition coefficient (Wildman–Crippen LogP) is 6.25. The number of pyridine rings is 1. The summed E-state index contributed by atoms with van der Waals surface area (Å²) in [6.45, 7) is 0. The molecule has 0 spiro atoms. The third kappa shape index (κ3) is 5.33. The number of nitro groups is 1. The number of non-ortho nitro benzene ring substituents is 1. The molecule has 2 amide bonds. The molecule has 1 aromatic heterocycles. The molecule has 35 heavy (non-hydrogen) atoms. The van der Waals surface area contributed by atoms with Gasteiger partial charge in [0.25, 0.3) is 5.69 Å². The van der Waals surface area contributed by atoms with E-state index in [0.29, 0.717) is 34.2 Å². The van der Waals surface area contributed by atoms with Gasteiger partial charge >= 0.3 is 6.03 Å². The van der Waals surface area contributed by atoms with Gasteiger partial charge in [-0.05, 0) is 42.5 Å². The van der Waals surface area contributed by atoms with Crippen LogP contribution in [0.15, 0.2) is 66.9 Å². The van der Waals surface area contributed by atoms with Gasteiger partial charge in [-0.2, -0.15) is 0 Å². The molecule has 1 heterocycles. The van der Waals surface area contributed by atoms with Crippen molar-refractivity contribution < 1.29 is 23.9 Å². The quantitative estimate of drug-likeness (QED) is 0.230. The molecule has 0 atom stereocenters. The van der Waals surface area contributed by atoms with E-state index in [-0.39, 0.29) is 16.4 Å². The summed E-state index contributed by atoms with van der Waals surface area (Å²) in [4.78, 5) is 26.9. The van der Waals surface area contributed by atoms with Crippen molar-refractivity contribution >= 4 is 45.6 Å². The first-order valence-electron chi connectivity index (χ1n) is 10.2. The monoisotopic (exact) mass is 494 g/mol. The van der Waals surface area contributed by atoms with Crippen LogP contribution in [-0.4, -0.2) is 30.2 Å². The van der Waals surface area contributed by atoms with Gasteiger partial charge in [-0.15, -0.1) is 0 Å². The molecule has 4 aromatic rings. The van der Waals surface area contributed by atoms with Crippen LogP contribution in [0.5, 0.6) is 23.0 Å². The number of hydrogen-bond donors (Lipinski definition) is 2. The molecule has 4 rings (SSSR count). The summed E-state index contributed by atoms with van der Waals surface area (Å²) < 4.78 is 16.7. The summed E-state index contributed by atoms with van der Waals surface area (Å²) in [6, 6.07) is 15.2. The Morgan fingerprint density at radius 2 is 1.66 bits per heavy atom. The Balaban J connectivity index is 1.45. The van der Waals surface area contributed by atoms with Crippen molar-refractivity contribution in [2.75, 3.05) is 24.9 Å². The summed E-state index contributed by atoms with van der Waals surface area (Å²) in [7, 11) is 3.11. The minimum absolute atomic E-state index is 0.0527. The minimum atomic E-state index is -0.568. The second-order valence-electron chi connectivity index (χ2n) is 7.16. The highest BCUT2D eigenvalue weighted by Crippen LogP contribution is 2.37. The normalized spacial score (nSPS) is 10.5. The van der Waals surface area contributed by atoms with Gasteiger partial charge in [0.15, 0.2) is 11.5 Å². The van der Waals surface area contributed by atoms with Gasteiger partial charge in [-0.25, -0.2) is 4.79 Å². The number of nitro benzene ring substituents is 1. The fourth-order valence-electron chi connectivity index (χ4n) is 3.27. The molecule has 0 aliphatic carbocycles. The highest BCUT2D eigenvalue weighted by Gasteiger charge is 2.13. The number of ether oxygens (including phenoxy) is 3. The number of fused-ring (bicyclic) bond motifs is 1. The Labute approximate surface area is 204 Å². The van der Waals surface area contributed by atoms with E-state index in [4.69, 9.17) is 25.8 Å². The molecule has 0 aliphatic heterocycles. The number of anilines is 2. The predicted molar refractivity (Wildman–Crippen MR) is 132 cm³/mol. The number of carbonyl (C=O) groups excluding carboxylic acids is 1. The number of amides is 2. The molecule has 10 nitrogen and oxygen atoms in total. The van der Waals surface area contributed by atoms with Gasteiger partial charge < -0.3 is 24.8 Å². The van der Waals surface area contributed by atoms with Crippen LogP contribution in [0.4, 0.5) is 21.9 Å². The van der Waals surface area contributed by atoms with Crippen molar-refractivity contribution in [3.8, 4) is 23.0 Å². The summed E-state index contributed by atoms with van der Waals surface area (Å²) in [5, 5.41) is 16.8. The summed E-state index contributed by atoms with van der Waals surface area (Å²) in [6.07, 6.45) is 1.63. The van der Waals surface area contributed by atoms with Gasteiger partial charge in [-0.3, -0.25) is 15.1 Å². The van der Waals surface area contributed by atoms with Crippen molar-refractivity contribution in [2.45, 2.75) is 0 Å². The first-order valence-corrected chi connectivity index (χ1v) is 10.6. The molecule has 0 radical (unpaired) electrons. The summed E-state index contributed by atoms with van der Waals surface area (Å²) in [5.41, 5.74) is 1.25. The second-order valence-corrected chi connectivity index (χ2v) is 7.57. The lowest BCUT2D eigenvalue weighted by Crippen LogP contribution is -2.19. The topological polar surface area (TPSA) is 125 Å². The first-order chi connectivity index (χ1) is 16.9. The van der Waals surface area contributed by atoms with Gasteiger partial charge in [0.1, 0.15) is 11.5 Å². The average Bonchev–Trinajstić information content (AvgIpc) is 2.85. The number of urea groups is 1.